The van der Waals surface area contributed by atoms with E-state index >= 15 is 0 Å². The Morgan fingerprint density at radius 1 is 0.895 bits per heavy atom. The Kier molecular flexibility index (Phi) is 11.3. The van der Waals surface area contributed by atoms with Gasteiger partial charge in [0.1, 0.15) is 12.1 Å². The van der Waals surface area contributed by atoms with Gasteiger partial charge in [0.15, 0.2) is 0 Å². The number of amides is 3. The molecule has 206 valence electrons. The second-order valence-corrected chi connectivity index (χ2v) is 10.5. The zero-order chi connectivity index (χ0) is 27.5. The Morgan fingerprint density at radius 3 is 2.24 bits per heavy atom. The van der Waals surface area contributed by atoms with E-state index in [0.29, 0.717) is 13.0 Å². The van der Waals surface area contributed by atoms with Crippen LogP contribution < -0.4 is 16.0 Å². The second kappa shape index (κ2) is 14.7. The van der Waals surface area contributed by atoms with Crippen molar-refractivity contribution in [1.29, 1.82) is 0 Å². The SMILES string of the molecule is CC[C@H](C)[C@@H]1NCCCCc2ccccc2CCNC(=O)[C@@H](Cc2ccccc2)NC(=O)[C@@H](C)N(C)C1=O. The van der Waals surface area contributed by atoms with E-state index in [9.17, 15) is 14.4 Å². The van der Waals surface area contributed by atoms with Crippen LogP contribution in [0.25, 0.3) is 0 Å². The minimum Gasteiger partial charge on any atom is -0.354 e. The molecule has 0 saturated heterocycles. The lowest BCUT2D eigenvalue weighted by Gasteiger charge is -2.32. The molecule has 0 spiro atoms. The lowest BCUT2D eigenvalue weighted by molar-refractivity contribution is -0.141. The largest absolute Gasteiger partial charge is 0.354 e. The summed E-state index contributed by atoms with van der Waals surface area (Å²) < 4.78 is 0. The van der Waals surface area contributed by atoms with Crippen molar-refractivity contribution < 1.29 is 14.4 Å². The fourth-order valence-corrected chi connectivity index (χ4v) is 4.89. The van der Waals surface area contributed by atoms with Crippen molar-refractivity contribution in [2.75, 3.05) is 20.1 Å². The first-order valence-electron chi connectivity index (χ1n) is 14.0. The topological polar surface area (TPSA) is 90.5 Å². The van der Waals surface area contributed by atoms with Crippen LogP contribution in [0.4, 0.5) is 0 Å². The summed E-state index contributed by atoms with van der Waals surface area (Å²) in [5, 5.41) is 9.45. The van der Waals surface area contributed by atoms with Crippen LogP contribution in [0, 0.1) is 5.92 Å². The zero-order valence-electron chi connectivity index (χ0n) is 23.3. The maximum absolute atomic E-state index is 13.5. The van der Waals surface area contributed by atoms with E-state index in [1.165, 1.54) is 16.0 Å². The molecule has 7 nitrogen and oxygen atoms in total. The predicted octanol–water partition coefficient (Wildman–Crippen LogP) is 3.26. The van der Waals surface area contributed by atoms with Crippen LogP contribution in [0.2, 0.25) is 0 Å². The number of carbonyl (C=O) groups is 3. The number of benzene rings is 2. The summed E-state index contributed by atoms with van der Waals surface area (Å²) in [5.41, 5.74) is 3.48. The molecular formula is C31H44N4O3. The van der Waals surface area contributed by atoms with Gasteiger partial charge in [0, 0.05) is 20.0 Å². The van der Waals surface area contributed by atoms with E-state index in [0.717, 1.165) is 44.2 Å². The van der Waals surface area contributed by atoms with Gasteiger partial charge >= 0.3 is 0 Å². The molecule has 3 N–H and O–H groups in total. The molecule has 0 radical (unpaired) electrons. The third kappa shape index (κ3) is 8.15. The molecule has 0 aromatic heterocycles. The van der Waals surface area contributed by atoms with E-state index in [1.807, 2.05) is 36.4 Å². The average molecular weight is 521 g/mol. The van der Waals surface area contributed by atoms with Gasteiger partial charge in [-0.05, 0) is 61.8 Å². The van der Waals surface area contributed by atoms with Crippen LogP contribution in [0.1, 0.15) is 56.7 Å². The highest BCUT2D eigenvalue weighted by Gasteiger charge is 2.32. The van der Waals surface area contributed by atoms with Crippen molar-refractivity contribution in [3.8, 4) is 0 Å². The van der Waals surface area contributed by atoms with E-state index in [1.54, 1.807) is 14.0 Å². The fourth-order valence-electron chi connectivity index (χ4n) is 4.89. The summed E-state index contributed by atoms with van der Waals surface area (Å²) in [6.45, 7) is 7.09. The first-order valence-corrected chi connectivity index (χ1v) is 14.0. The molecule has 1 aliphatic rings. The van der Waals surface area contributed by atoms with Crippen molar-refractivity contribution in [2.45, 2.75) is 77.4 Å². The van der Waals surface area contributed by atoms with Gasteiger partial charge in [0.2, 0.25) is 17.7 Å². The van der Waals surface area contributed by atoms with Gasteiger partial charge in [-0.2, -0.15) is 0 Å². The van der Waals surface area contributed by atoms with Gasteiger partial charge in [-0.25, -0.2) is 0 Å². The Labute approximate surface area is 227 Å². The van der Waals surface area contributed by atoms with E-state index < -0.39 is 12.1 Å². The van der Waals surface area contributed by atoms with Gasteiger partial charge in [-0.15, -0.1) is 0 Å². The molecule has 0 saturated carbocycles. The summed E-state index contributed by atoms with van der Waals surface area (Å²) in [5.74, 6) is -0.534. The number of aryl methyl sites for hydroxylation is 1. The number of rotatable bonds is 4. The quantitative estimate of drug-likeness (QED) is 0.577. The second-order valence-electron chi connectivity index (χ2n) is 10.5. The van der Waals surface area contributed by atoms with Gasteiger partial charge < -0.3 is 20.9 Å². The van der Waals surface area contributed by atoms with Gasteiger partial charge in [-0.3, -0.25) is 14.4 Å². The smallest absolute Gasteiger partial charge is 0.243 e. The number of carbonyl (C=O) groups excluding carboxylic acids is 3. The molecule has 0 aliphatic carbocycles. The standard InChI is InChI=1S/C31H44N4O3/c1-5-22(2)28-31(38)35(4)23(3)29(36)34-27(21-24-13-7-6-8-14-24)30(37)33-20-18-26-16-10-9-15-25(26)17-11-12-19-32-28/h6-10,13-16,22-23,27-28,32H,5,11-12,17-21H2,1-4H3,(H,33,37)(H,34,36)/t22-,23+,27+,28-/m0/s1. The lowest BCUT2D eigenvalue weighted by atomic mass is 9.96. The van der Waals surface area contributed by atoms with Crippen LogP contribution in [0.3, 0.4) is 0 Å². The molecule has 0 bridgehead atoms. The van der Waals surface area contributed by atoms with E-state index in [-0.39, 0.29) is 29.7 Å². The molecule has 2 aromatic rings. The predicted molar refractivity (Wildman–Crippen MR) is 152 cm³/mol. The Hall–Kier alpha value is -3.19. The van der Waals surface area contributed by atoms with Crippen LogP contribution in [-0.4, -0.2) is 60.9 Å². The molecule has 2 aromatic carbocycles. The molecule has 4 atom stereocenters. The summed E-state index contributed by atoms with van der Waals surface area (Å²) >= 11 is 0. The molecule has 3 amide bonds. The van der Waals surface area contributed by atoms with Gasteiger partial charge in [0.25, 0.3) is 0 Å². The van der Waals surface area contributed by atoms with Crippen molar-refractivity contribution in [2.24, 2.45) is 5.92 Å². The Balaban J connectivity index is 1.86. The molecule has 0 fully saturated rings. The van der Waals surface area contributed by atoms with Crippen molar-refractivity contribution in [1.82, 2.24) is 20.9 Å². The summed E-state index contributed by atoms with van der Waals surface area (Å²) in [4.78, 5) is 41.6. The van der Waals surface area contributed by atoms with Crippen molar-refractivity contribution >= 4 is 17.7 Å². The fraction of sp³-hybridized carbons (Fsp3) is 0.516. The third-order valence-electron chi connectivity index (χ3n) is 7.75. The number of hydrogen-bond donors (Lipinski definition) is 3. The molecular weight excluding hydrogens is 476 g/mol. The normalized spacial score (nSPS) is 23.4. The van der Waals surface area contributed by atoms with Crippen LogP contribution in [-0.2, 0) is 33.6 Å². The molecule has 38 heavy (non-hydrogen) atoms. The number of nitrogens with zero attached hydrogens (tertiary/aromatic N) is 1. The maximum atomic E-state index is 13.5. The average Bonchev–Trinajstić information content (AvgIpc) is 2.93. The highest BCUT2D eigenvalue weighted by Crippen LogP contribution is 2.15. The molecule has 3 rings (SSSR count). The number of likely N-dealkylation sites (N-methyl/N-ethyl adjacent to an activating group) is 1. The highest BCUT2D eigenvalue weighted by atomic mass is 16.2. The number of fused-ring (bicyclic) bond motifs is 1. The molecule has 1 heterocycles. The van der Waals surface area contributed by atoms with Crippen LogP contribution in [0.5, 0.6) is 0 Å². The van der Waals surface area contributed by atoms with E-state index in [2.05, 4.69) is 48.0 Å². The molecule has 7 heteroatoms. The third-order valence-corrected chi connectivity index (χ3v) is 7.75. The summed E-state index contributed by atoms with van der Waals surface area (Å²) in [6.07, 6.45) is 4.87. The minimum absolute atomic E-state index is 0.0995. The maximum Gasteiger partial charge on any atom is 0.243 e. The molecule has 0 unspecified atom stereocenters. The van der Waals surface area contributed by atoms with Gasteiger partial charge in [0.05, 0.1) is 6.04 Å². The highest BCUT2D eigenvalue weighted by molar-refractivity contribution is 5.93. The molecule has 1 aliphatic heterocycles. The lowest BCUT2D eigenvalue weighted by Crippen LogP contribution is -2.57. The first kappa shape index (κ1) is 29.4. The van der Waals surface area contributed by atoms with Crippen molar-refractivity contribution in [3.63, 3.8) is 0 Å². The Morgan fingerprint density at radius 2 is 1.55 bits per heavy atom. The van der Waals surface area contributed by atoms with E-state index in [4.69, 9.17) is 0 Å². The minimum atomic E-state index is -0.742. The monoisotopic (exact) mass is 520 g/mol. The van der Waals surface area contributed by atoms with Crippen molar-refractivity contribution in [3.05, 3.63) is 71.3 Å². The Bertz CT molecular complexity index is 1060. The van der Waals surface area contributed by atoms with Crippen LogP contribution >= 0.6 is 0 Å². The first-order chi connectivity index (χ1) is 18.3. The van der Waals surface area contributed by atoms with Gasteiger partial charge in [-0.1, -0.05) is 74.9 Å². The zero-order valence-corrected chi connectivity index (χ0v) is 23.3. The van der Waals surface area contributed by atoms with Crippen LogP contribution in [0.15, 0.2) is 54.6 Å². The number of hydrogen-bond acceptors (Lipinski definition) is 4. The summed E-state index contributed by atoms with van der Waals surface area (Å²) in [6, 6.07) is 16.2. The summed E-state index contributed by atoms with van der Waals surface area (Å²) in [7, 11) is 1.67. The number of nitrogens with one attached hydrogen (secondary N) is 3.